The summed E-state index contributed by atoms with van der Waals surface area (Å²) in [5.74, 6) is -2.28. The van der Waals surface area contributed by atoms with Crippen LogP contribution in [0.4, 0.5) is 5.69 Å². The lowest BCUT2D eigenvalue weighted by atomic mass is 9.98. The van der Waals surface area contributed by atoms with Crippen molar-refractivity contribution in [3.05, 3.63) is 33.4 Å². The van der Waals surface area contributed by atoms with E-state index >= 15 is 0 Å². The van der Waals surface area contributed by atoms with Crippen molar-refractivity contribution in [1.29, 1.82) is 0 Å². The van der Waals surface area contributed by atoms with Crippen LogP contribution in [-0.2, 0) is 9.59 Å². The lowest BCUT2D eigenvalue weighted by molar-refractivity contribution is -0.385. The predicted molar refractivity (Wildman–Crippen MR) is 98.3 cm³/mol. The number of carbonyl (C=O) groups excluding carboxylic acids is 2. The zero-order valence-corrected chi connectivity index (χ0v) is 16.0. The third kappa shape index (κ3) is 4.56. The molecule has 0 radical (unpaired) electrons. The van der Waals surface area contributed by atoms with Gasteiger partial charge in [0, 0.05) is 26.2 Å². The van der Waals surface area contributed by atoms with Crippen molar-refractivity contribution in [2.75, 3.05) is 33.8 Å². The van der Waals surface area contributed by atoms with Gasteiger partial charge in [-0.25, -0.2) is 0 Å². The smallest absolute Gasteiger partial charge is 0.308 e. The Morgan fingerprint density at radius 1 is 1.39 bits per heavy atom. The van der Waals surface area contributed by atoms with Crippen molar-refractivity contribution in [1.82, 2.24) is 9.80 Å². The van der Waals surface area contributed by atoms with E-state index in [4.69, 9.17) is 9.84 Å². The first-order chi connectivity index (χ1) is 13.1. The van der Waals surface area contributed by atoms with Gasteiger partial charge in [0.15, 0.2) is 0 Å². The molecule has 2 rings (SSSR count). The van der Waals surface area contributed by atoms with Crippen molar-refractivity contribution in [2.24, 2.45) is 5.92 Å². The van der Waals surface area contributed by atoms with Crippen LogP contribution in [0.2, 0.25) is 0 Å². The van der Waals surface area contributed by atoms with Gasteiger partial charge in [-0.15, -0.1) is 0 Å². The number of benzene rings is 1. The minimum absolute atomic E-state index is 0.0338. The lowest BCUT2D eigenvalue weighted by Gasteiger charge is -2.32. The van der Waals surface area contributed by atoms with E-state index in [9.17, 15) is 24.5 Å². The van der Waals surface area contributed by atoms with Crippen molar-refractivity contribution < 1.29 is 29.2 Å². The van der Waals surface area contributed by atoms with Crippen LogP contribution in [-0.4, -0.2) is 71.4 Å². The number of nitro benzene ring substituents is 1. The molecule has 1 aliphatic heterocycles. The third-order valence-corrected chi connectivity index (χ3v) is 4.84. The number of amides is 2. The van der Waals surface area contributed by atoms with Crippen LogP contribution in [0.3, 0.4) is 0 Å². The SMILES string of the molecule is COc1cc(C(=O)N(C)CC(=O)N2CCCC(C(=O)O)C2)cc([N+](=O)[O-])c1C. The molecule has 1 N–H and O–H groups in total. The Balaban J connectivity index is 2.14. The Hall–Kier alpha value is -3.17. The molecule has 0 bridgehead atoms. The minimum Gasteiger partial charge on any atom is -0.496 e. The molecular formula is C18H23N3O7. The van der Waals surface area contributed by atoms with Gasteiger partial charge in [0.25, 0.3) is 11.6 Å². The number of ether oxygens (including phenoxy) is 1. The van der Waals surface area contributed by atoms with Gasteiger partial charge in [-0.1, -0.05) is 0 Å². The van der Waals surface area contributed by atoms with Gasteiger partial charge in [-0.2, -0.15) is 0 Å². The molecule has 1 aliphatic rings. The number of piperidine rings is 1. The predicted octanol–water partition coefficient (Wildman–Crippen LogP) is 1.31. The second kappa shape index (κ2) is 8.68. The molecule has 0 aliphatic carbocycles. The van der Waals surface area contributed by atoms with Crippen LogP contribution in [0.15, 0.2) is 12.1 Å². The van der Waals surface area contributed by atoms with Crippen LogP contribution >= 0.6 is 0 Å². The zero-order chi connectivity index (χ0) is 21.0. The van der Waals surface area contributed by atoms with E-state index in [1.165, 1.54) is 32.0 Å². The third-order valence-electron chi connectivity index (χ3n) is 4.84. The maximum atomic E-state index is 12.7. The topological polar surface area (TPSA) is 130 Å². The van der Waals surface area contributed by atoms with E-state index in [1.807, 2.05) is 0 Å². The molecule has 10 nitrogen and oxygen atoms in total. The molecule has 1 saturated heterocycles. The molecule has 1 aromatic carbocycles. The summed E-state index contributed by atoms with van der Waals surface area (Å²) in [7, 11) is 2.76. The minimum atomic E-state index is -0.944. The van der Waals surface area contributed by atoms with Gasteiger partial charge in [0.1, 0.15) is 5.75 Å². The quantitative estimate of drug-likeness (QED) is 0.569. The van der Waals surface area contributed by atoms with Crippen LogP contribution < -0.4 is 4.74 Å². The van der Waals surface area contributed by atoms with Gasteiger partial charge < -0.3 is 19.6 Å². The standard InChI is InChI=1S/C18H23N3O7/c1-11-14(21(26)27)7-13(8-15(11)28-3)17(23)19(2)10-16(22)20-6-4-5-12(9-20)18(24)25/h7-8,12H,4-6,9-10H2,1-3H3,(H,24,25). The second-order valence-electron chi connectivity index (χ2n) is 6.76. The zero-order valence-electron chi connectivity index (χ0n) is 16.0. The van der Waals surface area contributed by atoms with E-state index in [1.54, 1.807) is 0 Å². The molecule has 1 aromatic rings. The van der Waals surface area contributed by atoms with Crippen molar-refractivity contribution in [2.45, 2.75) is 19.8 Å². The summed E-state index contributed by atoms with van der Waals surface area (Å²) in [6.45, 7) is 1.82. The number of likely N-dealkylation sites (N-methyl/N-ethyl adjacent to an activating group) is 1. The fourth-order valence-electron chi connectivity index (χ4n) is 3.20. The molecule has 0 spiro atoms. The first-order valence-corrected chi connectivity index (χ1v) is 8.74. The molecule has 1 unspecified atom stereocenters. The van der Waals surface area contributed by atoms with Crippen molar-refractivity contribution in [3.8, 4) is 5.75 Å². The first-order valence-electron chi connectivity index (χ1n) is 8.74. The van der Waals surface area contributed by atoms with Crippen LogP contribution in [0.25, 0.3) is 0 Å². The monoisotopic (exact) mass is 393 g/mol. The largest absolute Gasteiger partial charge is 0.496 e. The fraction of sp³-hybridized carbons (Fsp3) is 0.500. The number of nitrogens with zero attached hydrogens (tertiary/aromatic N) is 3. The van der Waals surface area contributed by atoms with E-state index < -0.39 is 22.7 Å². The maximum absolute atomic E-state index is 12.7. The lowest BCUT2D eigenvalue weighted by Crippen LogP contribution is -2.46. The molecule has 1 atom stereocenters. The summed E-state index contributed by atoms with van der Waals surface area (Å²) in [5, 5.41) is 20.4. The van der Waals surface area contributed by atoms with E-state index in [2.05, 4.69) is 0 Å². The number of methoxy groups -OCH3 is 1. The summed E-state index contributed by atoms with van der Waals surface area (Å²) in [6.07, 6.45) is 1.10. The Labute approximate surface area is 161 Å². The number of aliphatic carboxylic acids is 1. The average molecular weight is 393 g/mol. The highest BCUT2D eigenvalue weighted by Crippen LogP contribution is 2.30. The van der Waals surface area contributed by atoms with E-state index in [0.717, 1.165) is 11.0 Å². The van der Waals surface area contributed by atoms with E-state index in [0.29, 0.717) is 24.9 Å². The van der Waals surface area contributed by atoms with Crippen LogP contribution in [0.5, 0.6) is 5.75 Å². The molecule has 152 valence electrons. The summed E-state index contributed by atoms with van der Waals surface area (Å²) < 4.78 is 5.11. The second-order valence-corrected chi connectivity index (χ2v) is 6.76. The van der Waals surface area contributed by atoms with Gasteiger partial charge >= 0.3 is 5.97 Å². The molecule has 1 fully saturated rings. The highest BCUT2D eigenvalue weighted by molar-refractivity contribution is 5.97. The summed E-state index contributed by atoms with van der Waals surface area (Å²) in [4.78, 5) is 49.5. The Kier molecular flexibility index (Phi) is 6.55. The number of nitro groups is 1. The average Bonchev–Trinajstić information content (AvgIpc) is 2.67. The number of carboxylic acid groups (broad SMARTS) is 1. The number of rotatable bonds is 6. The fourth-order valence-corrected chi connectivity index (χ4v) is 3.20. The normalized spacial score (nSPS) is 16.4. The number of carbonyl (C=O) groups is 3. The van der Waals surface area contributed by atoms with Crippen molar-refractivity contribution in [3.63, 3.8) is 0 Å². The molecule has 1 heterocycles. The van der Waals surface area contributed by atoms with Gasteiger partial charge in [-0.3, -0.25) is 24.5 Å². The molecule has 10 heteroatoms. The molecular weight excluding hydrogens is 370 g/mol. The van der Waals surface area contributed by atoms with Crippen LogP contribution in [0, 0.1) is 23.0 Å². The number of hydrogen-bond donors (Lipinski definition) is 1. The molecule has 0 saturated carbocycles. The number of likely N-dealkylation sites (tertiary alicyclic amines) is 1. The summed E-state index contributed by atoms with van der Waals surface area (Å²) in [5.41, 5.74) is 0.0880. The first kappa shape index (κ1) is 21.1. The van der Waals surface area contributed by atoms with Crippen LogP contribution in [0.1, 0.15) is 28.8 Å². The number of hydrogen-bond acceptors (Lipinski definition) is 6. The highest BCUT2D eigenvalue weighted by Gasteiger charge is 2.29. The Morgan fingerprint density at radius 2 is 2.07 bits per heavy atom. The molecule has 2 amide bonds. The Morgan fingerprint density at radius 3 is 2.64 bits per heavy atom. The molecule has 28 heavy (non-hydrogen) atoms. The van der Waals surface area contributed by atoms with Crippen molar-refractivity contribution >= 4 is 23.5 Å². The van der Waals surface area contributed by atoms with Gasteiger partial charge in [0.05, 0.1) is 35.6 Å². The van der Waals surface area contributed by atoms with E-state index in [-0.39, 0.29) is 36.0 Å². The Bertz CT molecular complexity index is 809. The highest BCUT2D eigenvalue weighted by atomic mass is 16.6. The van der Waals surface area contributed by atoms with Gasteiger partial charge in [-0.05, 0) is 25.8 Å². The van der Waals surface area contributed by atoms with Gasteiger partial charge in [0.2, 0.25) is 5.91 Å². The summed E-state index contributed by atoms with van der Waals surface area (Å²) in [6, 6.07) is 2.55. The molecule has 0 aromatic heterocycles. The number of carboxylic acids is 1. The summed E-state index contributed by atoms with van der Waals surface area (Å²) >= 11 is 0. The maximum Gasteiger partial charge on any atom is 0.308 e.